The van der Waals surface area contributed by atoms with Crippen molar-refractivity contribution in [2.75, 3.05) is 13.7 Å². The standard InChI is InChI=1S/C21H30O4/c1-14-7-5-9-15(2)11-20-18(16(3)13-25-20)12-19(22)17(10-6-8-14)21(23)24-4/h7,10-11,19-20,22H,5-6,8-9,12-13H2,1-4H3. The number of methoxy groups -OCH3 is 1. The molecule has 0 aromatic heterocycles. The first-order valence-corrected chi connectivity index (χ1v) is 9.01. The molecule has 2 unspecified atom stereocenters. The number of fused-ring (bicyclic) bond motifs is 1. The minimum Gasteiger partial charge on any atom is -0.466 e. The van der Waals surface area contributed by atoms with Crippen molar-refractivity contribution in [1.29, 1.82) is 0 Å². The first kappa shape index (κ1) is 19.7. The van der Waals surface area contributed by atoms with Crippen molar-refractivity contribution >= 4 is 5.97 Å². The highest BCUT2D eigenvalue weighted by molar-refractivity contribution is 5.89. The summed E-state index contributed by atoms with van der Waals surface area (Å²) in [5.41, 5.74) is 5.15. The summed E-state index contributed by atoms with van der Waals surface area (Å²) in [6.07, 6.45) is 9.25. The van der Waals surface area contributed by atoms with Crippen molar-refractivity contribution in [3.05, 3.63) is 46.1 Å². The number of hydrogen-bond donors (Lipinski definition) is 1. The van der Waals surface area contributed by atoms with Crippen molar-refractivity contribution in [3.8, 4) is 0 Å². The zero-order valence-corrected chi connectivity index (χ0v) is 15.8. The number of carbonyl (C=O) groups is 1. The summed E-state index contributed by atoms with van der Waals surface area (Å²) in [5, 5.41) is 10.7. The predicted octanol–water partition coefficient (Wildman–Crippen LogP) is 4.02. The highest BCUT2D eigenvalue weighted by Crippen LogP contribution is 2.30. The molecule has 1 heterocycles. The van der Waals surface area contributed by atoms with Crippen molar-refractivity contribution < 1.29 is 19.4 Å². The molecule has 0 bridgehead atoms. The van der Waals surface area contributed by atoms with Crippen LogP contribution in [0, 0.1) is 0 Å². The second kappa shape index (κ2) is 9.16. The predicted molar refractivity (Wildman–Crippen MR) is 99.1 cm³/mol. The van der Waals surface area contributed by atoms with Gasteiger partial charge in [-0.3, -0.25) is 0 Å². The quantitative estimate of drug-likeness (QED) is 0.575. The second-order valence-corrected chi connectivity index (χ2v) is 7.05. The van der Waals surface area contributed by atoms with E-state index in [1.165, 1.54) is 18.3 Å². The molecule has 4 nitrogen and oxygen atoms in total. The van der Waals surface area contributed by atoms with Crippen molar-refractivity contribution in [2.24, 2.45) is 0 Å². The molecular formula is C21H30O4. The zero-order valence-electron chi connectivity index (χ0n) is 15.8. The fraction of sp³-hybridized carbons (Fsp3) is 0.571. The van der Waals surface area contributed by atoms with Crippen molar-refractivity contribution in [2.45, 2.75) is 65.1 Å². The summed E-state index contributed by atoms with van der Waals surface area (Å²) in [4.78, 5) is 12.1. The number of allylic oxidation sites excluding steroid dienone is 4. The van der Waals surface area contributed by atoms with E-state index in [0.717, 1.165) is 36.8 Å². The van der Waals surface area contributed by atoms with Gasteiger partial charge in [-0.05, 0) is 57.6 Å². The van der Waals surface area contributed by atoms with Crippen LogP contribution in [0.3, 0.4) is 0 Å². The third-order valence-electron chi connectivity index (χ3n) is 4.93. The minimum absolute atomic E-state index is 0.110. The summed E-state index contributed by atoms with van der Waals surface area (Å²) in [5.74, 6) is -0.457. The Bertz CT molecular complexity index is 622. The topological polar surface area (TPSA) is 55.8 Å². The second-order valence-electron chi connectivity index (χ2n) is 7.05. The smallest absolute Gasteiger partial charge is 0.336 e. The average Bonchev–Trinajstić information content (AvgIpc) is 2.90. The summed E-state index contributed by atoms with van der Waals surface area (Å²) in [6.45, 7) is 6.84. The maximum atomic E-state index is 12.1. The Morgan fingerprint density at radius 2 is 1.84 bits per heavy atom. The molecule has 1 N–H and O–H groups in total. The first-order valence-electron chi connectivity index (χ1n) is 9.01. The molecule has 0 saturated heterocycles. The van der Waals surface area contributed by atoms with E-state index >= 15 is 0 Å². The maximum absolute atomic E-state index is 12.1. The van der Waals surface area contributed by atoms with Crippen LogP contribution in [-0.2, 0) is 14.3 Å². The lowest BCUT2D eigenvalue weighted by Crippen LogP contribution is -2.22. The molecule has 0 fully saturated rings. The van der Waals surface area contributed by atoms with E-state index in [9.17, 15) is 9.90 Å². The van der Waals surface area contributed by atoms with E-state index in [1.54, 1.807) is 0 Å². The maximum Gasteiger partial charge on any atom is 0.336 e. The summed E-state index contributed by atoms with van der Waals surface area (Å²) >= 11 is 0. The van der Waals surface area contributed by atoms with Gasteiger partial charge in [0.25, 0.3) is 0 Å². The molecule has 0 radical (unpaired) electrons. The van der Waals surface area contributed by atoms with Crippen LogP contribution < -0.4 is 0 Å². The molecule has 0 aromatic rings. The number of rotatable bonds is 1. The molecule has 0 amide bonds. The van der Waals surface area contributed by atoms with Crippen LogP contribution in [-0.4, -0.2) is 37.0 Å². The van der Waals surface area contributed by atoms with Crippen molar-refractivity contribution in [3.63, 3.8) is 0 Å². The first-order chi connectivity index (χ1) is 11.9. The van der Waals surface area contributed by atoms with Crippen LogP contribution in [0.5, 0.6) is 0 Å². The number of carbonyl (C=O) groups excluding carboxylic acids is 1. The number of aliphatic hydroxyl groups excluding tert-OH is 1. The Balaban J connectivity index is 2.34. The molecule has 4 heteroatoms. The van der Waals surface area contributed by atoms with Gasteiger partial charge in [0.05, 0.1) is 31.5 Å². The summed E-state index contributed by atoms with van der Waals surface area (Å²) in [7, 11) is 1.35. The molecular weight excluding hydrogens is 316 g/mol. The molecule has 1 aliphatic carbocycles. The molecule has 0 spiro atoms. The third kappa shape index (κ3) is 5.41. The Labute approximate surface area is 150 Å². The lowest BCUT2D eigenvalue weighted by atomic mass is 9.93. The van der Waals surface area contributed by atoms with Gasteiger partial charge >= 0.3 is 5.97 Å². The third-order valence-corrected chi connectivity index (χ3v) is 4.93. The van der Waals surface area contributed by atoms with E-state index in [0.29, 0.717) is 18.6 Å². The zero-order chi connectivity index (χ0) is 18.4. The van der Waals surface area contributed by atoms with Gasteiger partial charge in [0.2, 0.25) is 0 Å². The van der Waals surface area contributed by atoms with Gasteiger partial charge in [0, 0.05) is 6.42 Å². The number of esters is 1. The van der Waals surface area contributed by atoms with Gasteiger partial charge in [-0.2, -0.15) is 0 Å². The van der Waals surface area contributed by atoms with Crippen LogP contribution in [0.15, 0.2) is 46.1 Å². The van der Waals surface area contributed by atoms with Crippen LogP contribution in [0.1, 0.15) is 52.9 Å². The Kier molecular flexibility index (Phi) is 7.21. The number of hydrogen-bond acceptors (Lipinski definition) is 4. The lowest BCUT2D eigenvalue weighted by Gasteiger charge is -2.18. The Morgan fingerprint density at radius 3 is 2.56 bits per heavy atom. The highest BCUT2D eigenvalue weighted by Gasteiger charge is 2.28. The average molecular weight is 346 g/mol. The van der Waals surface area contributed by atoms with Gasteiger partial charge in [0.15, 0.2) is 0 Å². The fourth-order valence-electron chi connectivity index (χ4n) is 3.33. The molecule has 0 aromatic carbocycles. The van der Waals surface area contributed by atoms with E-state index in [2.05, 4.69) is 26.0 Å². The molecule has 138 valence electrons. The Morgan fingerprint density at radius 1 is 1.16 bits per heavy atom. The molecule has 2 rings (SSSR count). The summed E-state index contributed by atoms with van der Waals surface area (Å²) < 4.78 is 10.7. The molecule has 2 atom stereocenters. The molecule has 25 heavy (non-hydrogen) atoms. The summed E-state index contributed by atoms with van der Waals surface area (Å²) in [6, 6.07) is 0. The fourth-order valence-corrected chi connectivity index (χ4v) is 3.33. The van der Waals surface area contributed by atoms with E-state index < -0.39 is 12.1 Å². The Hall–Kier alpha value is -1.65. The van der Waals surface area contributed by atoms with Gasteiger partial charge in [-0.25, -0.2) is 4.79 Å². The van der Waals surface area contributed by atoms with Gasteiger partial charge in [-0.15, -0.1) is 0 Å². The largest absolute Gasteiger partial charge is 0.466 e. The van der Waals surface area contributed by atoms with Gasteiger partial charge in [0.1, 0.15) is 0 Å². The molecule has 2 aliphatic rings. The van der Waals surface area contributed by atoms with Crippen LogP contribution in [0.4, 0.5) is 0 Å². The number of ether oxygens (including phenoxy) is 2. The minimum atomic E-state index is -0.873. The van der Waals surface area contributed by atoms with Crippen LogP contribution >= 0.6 is 0 Å². The monoisotopic (exact) mass is 346 g/mol. The van der Waals surface area contributed by atoms with E-state index in [-0.39, 0.29) is 6.10 Å². The van der Waals surface area contributed by atoms with E-state index in [4.69, 9.17) is 9.47 Å². The van der Waals surface area contributed by atoms with Crippen LogP contribution in [0.2, 0.25) is 0 Å². The van der Waals surface area contributed by atoms with E-state index in [1.807, 2.05) is 13.0 Å². The lowest BCUT2D eigenvalue weighted by molar-refractivity contribution is -0.137. The van der Waals surface area contributed by atoms with Crippen LogP contribution in [0.25, 0.3) is 0 Å². The molecule has 1 aliphatic heterocycles. The molecule has 0 saturated carbocycles. The normalized spacial score (nSPS) is 26.2. The van der Waals surface area contributed by atoms with Crippen molar-refractivity contribution in [1.82, 2.24) is 0 Å². The number of aliphatic hydroxyl groups is 1. The van der Waals surface area contributed by atoms with Gasteiger partial charge < -0.3 is 14.6 Å². The van der Waals surface area contributed by atoms with Gasteiger partial charge in [-0.1, -0.05) is 29.4 Å². The SMILES string of the molecule is COC(=O)C1=CCCC(C)=CCCC(C)=CC2OCC(C)=C2CC1O. The highest BCUT2D eigenvalue weighted by atomic mass is 16.5.